The average molecular weight is 307 g/mol. The molecule has 0 saturated heterocycles. The van der Waals surface area contributed by atoms with Gasteiger partial charge in [-0.05, 0) is 30.7 Å². The van der Waals surface area contributed by atoms with Crippen LogP contribution in [0.3, 0.4) is 0 Å². The van der Waals surface area contributed by atoms with E-state index >= 15 is 0 Å². The molecule has 0 bridgehead atoms. The Morgan fingerprint density at radius 1 is 1.29 bits per heavy atom. The lowest BCUT2D eigenvalue weighted by atomic mass is 10.1. The zero-order chi connectivity index (χ0) is 15.6. The van der Waals surface area contributed by atoms with E-state index in [9.17, 15) is 20.0 Å². The molecule has 0 radical (unpaired) electrons. The summed E-state index contributed by atoms with van der Waals surface area (Å²) >= 11 is 5.94. The van der Waals surface area contributed by atoms with Crippen molar-refractivity contribution in [1.29, 1.82) is 0 Å². The van der Waals surface area contributed by atoms with E-state index in [2.05, 4.69) is 5.32 Å². The van der Waals surface area contributed by atoms with Gasteiger partial charge in [-0.1, -0.05) is 23.7 Å². The summed E-state index contributed by atoms with van der Waals surface area (Å²) in [7, 11) is 0. The molecule has 0 saturated carbocycles. The van der Waals surface area contributed by atoms with E-state index in [1.54, 1.807) is 25.1 Å². The summed E-state index contributed by atoms with van der Waals surface area (Å²) in [6.07, 6.45) is 0. The first kappa shape index (κ1) is 14.8. The largest absolute Gasteiger partial charge is 0.505 e. The maximum atomic E-state index is 12.2. The second-order valence-corrected chi connectivity index (χ2v) is 4.70. The summed E-state index contributed by atoms with van der Waals surface area (Å²) in [6, 6.07) is 8.56. The molecule has 0 atom stereocenters. The van der Waals surface area contributed by atoms with Crippen LogP contribution in [0.1, 0.15) is 15.9 Å². The van der Waals surface area contributed by atoms with E-state index in [1.807, 2.05) is 0 Å². The molecule has 0 spiro atoms. The van der Waals surface area contributed by atoms with Gasteiger partial charge >= 0.3 is 0 Å². The van der Waals surface area contributed by atoms with Crippen molar-refractivity contribution in [3.8, 4) is 5.75 Å². The fraction of sp³-hybridized carbons (Fsp3) is 0.0714. The maximum Gasteiger partial charge on any atom is 0.296 e. The van der Waals surface area contributed by atoms with Crippen LogP contribution in [0.5, 0.6) is 5.75 Å². The number of nitrogens with one attached hydrogen (secondary N) is 1. The Hall–Kier alpha value is -2.60. The minimum atomic E-state index is -0.680. The lowest BCUT2D eigenvalue weighted by molar-refractivity contribution is -0.384. The Morgan fingerprint density at radius 3 is 2.62 bits per heavy atom. The Bertz CT molecular complexity index is 731. The molecule has 21 heavy (non-hydrogen) atoms. The van der Waals surface area contributed by atoms with Gasteiger partial charge in [0.05, 0.1) is 4.92 Å². The number of halogens is 1. The van der Waals surface area contributed by atoms with Crippen molar-refractivity contribution >= 4 is 28.9 Å². The Balaban J connectivity index is 2.41. The van der Waals surface area contributed by atoms with E-state index in [4.69, 9.17) is 11.6 Å². The molecule has 0 aliphatic carbocycles. The number of amides is 1. The molecule has 2 N–H and O–H groups in total. The second kappa shape index (κ2) is 5.80. The number of nitro groups is 1. The first-order valence-corrected chi connectivity index (χ1v) is 6.32. The summed E-state index contributed by atoms with van der Waals surface area (Å²) < 4.78 is 0. The normalized spacial score (nSPS) is 10.2. The van der Waals surface area contributed by atoms with Gasteiger partial charge in [0.25, 0.3) is 11.6 Å². The van der Waals surface area contributed by atoms with Crippen molar-refractivity contribution in [3.05, 3.63) is 62.7 Å². The van der Waals surface area contributed by atoms with Gasteiger partial charge in [-0.25, -0.2) is 0 Å². The molecule has 0 fully saturated rings. The van der Waals surface area contributed by atoms with E-state index in [0.29, 0.717) is 10.6 Å². The Kier molecular flexibility index (Phi) is 4.09. The number of rotatable bonds is 3. The summed E-state index contributed by atoms with van der Waals surface area (Å²) in [4.78, 5) is 22.5. The van der Waals surface area contributed by atoms with Gasteiger partial charge in [0.1, 0.15) is 5.75 Å². The summed E-state index contributed by atoms with van der Waals surface area (Å²) in [5.74, 6) is -0.961. The van der Waals surface area contributed by atoms with Gasteiger partial charge in [0.2, 0.25) is 0 Å². The van der Waals surface area contributed by atoms with Crippen molar-refractivity contribution in [2.75, 3.05) is 5.32 Å². The van der Waals surface area contributed by atoms with Crippen LogP contribution < -0.4 is 5.32 Å². The smallest absolute Gasteiger partial charge is 0.296 e. The molecule has 7 heteroatoms. The number of phenolic OH excluding ortho intramolecular Hbond substituents is 1. The van der Waals surface area contributed by atoms with Crippen LogP contribution in [-0.4, -0.2) is 15.9 Å². The molecular weight excluding hydrogens is 296 g/mol. The van der Waals surface area contributed by atoms with Gasteiger partial charge in [0.15, 0.2) is 5.69 Å². The third-order valence-corrected chi connectivity index (χ3v) is 3.38. The number of nitrogens with zero attached hydrogens (tertiary/aromatic N) is 1. The monoisotopic (exact) mass is 306 g/mol. The van der Waals surface area contributed by atoms with Crippen LogP contribution in [-0.2, 0) is 0 Å². The molecule has 1 amide bonds. The molecule has 0 aliphatic heterocycles. The van der Waals surface area contributed by atoms with E-state index in [0.717, 1.165) is 0 Å². The average Bonchev–Trinajstić information content (AvgIpc) is 2.43. The number of carbonyl (C=O) groups excluding carboxylic acids is 1. The molecule has 2 rings (SSSR count). The van der Waals surface area contributed by atoms with Crippen LogP contribution in [0.4, 0.5) is 11.4 Å². The van der Waals surface area contributed by atoms with Crippen molar-refractivity contribution in [3.63, 3.8) is 0 Å². The molecule has 0 aromatic heterocycles. The first-order valence-electron chi connectivity index (χ1n) is 5.94. The summed E-state index contributed by atoms with van der Waals surface area (Å²) in [6.45, 7) is 1.66. The minimum Gasteiger partial charge on any atom is -0.505 e. The highest BCUT2D eigenvalue weighted by atomic mass is 35.5. The number of aromatic hydroxyl groups is 1. The lowest BCUT2D eigenvalue weighted by Gasteiger charge is -2.10. The highest BCUT2D eigenvalue weighted by Gasteiger charge is 2.21. The quantitative estimate of drug-likeness (QED) is 0.515. The highest BCUT2D eigenvalue weighted by Crippen LogP contribution is 2.33. The number of benzene rings is 2. The van der Waals surface area contributed by atoms with Crippen molar-refractivity contribution < 1.29 is 14.8 Å². The minimum absolute atomic E-state index is 0.244. The number of carbonyl (C=O) groups is 1. The maximum absolute atomic E-state index is 12.2. The van der Waals surface area contributed by atoms with Crippen molar-refractivity contribution in [2.24, 2.45) is 0 Å². The fourth-order valence-electron chi connectivity index (χ4n) is 1.84. The third-order valence-electron chi connectivity index (χ3n) is 2.97. The van der Waals surface area contributed by atoms with E-state index < -0.39 is 10.8 Å². The zero-order valence-corrected chi connectivity index (χ0v) is 11.7. The number of hydrogen-bond donors (Lipinski definition) is 2. The molecule has 6 nitrogen and oxygen atoms in total. The van der Waals surface area contributed by atoms with Crippen LogP contribution >= 0.6 is 11.6 Å². The molecule has 2 aromatic rings. The van der Waals surface area contributed by atoms with Gasteiger partial charge in [-0.2, -0.15) is 0 Å². The standard InChI is InChI=1S/C14H11ClN2O4/c1-8-9(4-2-5-10(8)15)14(19)16-13-11(17(20)21)6-3-7-12(13)18/h2-7,18H,1H3,(H,16,19). The highest BCUT2D eigenvalue weighted by molar-refractivity contribution is 6.32. The molecule has 0 heterocycles. The van der Waals surface area contributed by atoms with Gasteiger partial charge in [-0.3, -0.25) is 14.9 Å². The molecular formula is C14H11ClN2O4. The zero-order valence-electron chi connectivity index (χ0n) is 11.0. The molecule has 0 aliphatic rings. The number of nitro benzene ring substituents is 1. The van der Waals surface area contributed by atoms with Crippen LogP contribution in [0.15, 0.2) is 36.4 Å². The van der Waals surface area contributed by atoms with Gasteiger partial charge in [0, 0.05) is 16.7 Å². The predicted molar refractivity (Wildman–Crippen MR) is 78.9 cm³/mol. The number of hydrogen-bond acceptors (Lipinski definition) is 4. The van der Waals surface area contributed by atoms with E-state index in [1.165, 1.54) is 18.2 Å². The van der Waals surface area contributed by atoms with Gasteiger partial charge < -0.3 is 10.4 Å². The van der Waals surface area contributed by atoms with Crippen LogP contribution in [0.25, 0.3) is 0 Å². The lowest BCUT2D eigenvalue weighted by Crippen LogP contribution is -2.14. The first-order chi connectivity index (χ1) is 9.91. The van der Waals surface area contributed by atoms with Crippen molar-refractivity contribution in [2.45, 2.75) is 6.92 Å². The molecule has 108 valence electrons. The van der Waals surface area contributed by atoms with Crippen LogP contribution in [0.2, 0.25) is 5.02 Å². The second-order valence-electron chi connectivity index (χ2n) is 4.29. The Labute approximate surface area is 125 Å². The molecule has 2 aromatic carbocycles. The molecule has 0 unspecified atom stereocenters. The fourth-order valence-corrected chi connectivity index (χ4v) is 2.02. The number of phenols is 1. The Morgan fingerprint density at radius 2 is 1.95 bits per heavy atom. The summed E-state index contributed by atoms with van der Waals surface area (Å²) in [5.41, 5.74) is 0.199. The number of anilines is 1. The SMILES string of the molecule is Cc1c(Cl)cccc1C(=O)Nc1c(O)cccc1[N+](=O)[O-]. The number of para-hydroxylation sites is 1. The van der Waals surface area contributed by atoms with Crippen molar-refractivity contribution in [1.82, 2.24) is 0 Å². The van der Waals surface area contributed by atoms with Crippen LogP contribution in [0, 0.1) is 17.0 Å². The predicted octanol–water partition coefficient (Wildman–Crippen LogP) is 3.51. The topological polar surface area (TPSA) is 92.5 Å². The van der Waals surface area contributed by atoms with E-state index in [-0.39, 0.29) is 22.7 Å². The van der Waals surface area contributed by atoms with Gasteiger partial charge in [-0.15, -0.1) is 0 Å². The summed E-state index contributed by atoms with van der Waals surface area (Å²) in [5, 5.41) is 23.4. The third kappa shape index (κ3) is 2.95.